The number of nitrogens with zero attached hydrogens (tertiary/aromatic N) is 3. The lowest BCUT2D eigenvalue weighted by Gasteiger charge is -2.19. The maximum absolute atomic E-state index is 11.4. The fourth-order valence-electron chi connectivity index (χ4n) is 2.35. The average Bonchev–Trinajstić information content (AvgIpc) is 2.57. The van der Waals surface area contributed by atoms with Crippen molar-refractivity contribution in [3.8, 4) is 0 Å². The molecule has 0 unspecified atom stereocenters. The van der Waals surface area contributed by atoms with E-state index in [0.717, 1.165) is 49.3 Å². The Bertz CT molecular complexity index is 458. The Kier molecular flexibility index (Phi) is 4.99. The van der Waals surface area contributed by atoms with E-state index in [0.29, 0.717) is 6.42 Å². The fourth-order valence-corrected chi connectivity index (χ4v) is 3.04. The SMILES string of the molecule is CCc1nn(CC)c(CN2CCNC(=O)CC2)c1Br. The molecule has 1 aromatic heterocycles. The second kappa shape index (κ2) is 6.52. The molecular weight excluding hydrogens is 308 g/mol. The van der Waals surface area contributed by atoms with Crippen LogP contribution in [-0.4, -0.2) is 40.2 Å². The first-order chi connectivity index (χ1) is 9.15. The average molecular weight is 329 g/mol. The third kappa shape index (κ3) is 3.36. The van der Waals surface area contributed by atoms with Crippen molar-refractivity contribution in [3.63, 3.8) is 0 Å². The molecule has 0 aliphatic carbocycles. The van der Waals surface area contributed by atoms with Crippen molar-refractivity contribution in [2.45, 2.75) is 39.8 Å². The summed E-state index contributed by atoms with van der Waals surface area (Å²) in [5.41, 5.74) is 2.33. The Morgan fingerprint density at radius 3 is 2.84 bits per heavy atom. The van der Waals surface area contributed by atoms with E-state index < -0.39 is 0 Å². The number of carbonyl (C=O) groups is 1. The van der Waals surface area contributed by atoms with E-state index in [-0.39, 0.29) is 5.91 Å². The second-order valence-corrected chi connectivity index (χ2v) is 5.55. The van der Waals surface area contributed by atoms with Crippen molar-refractivity contribution >= 4 is 21.8 Å². The van der Waals surface area contributed by atoms with Gasteiger partial charge in [-0.2, -0.15) is 5.10 Å². The maximum Gasteiger partial charge on any atom is 0.221 e. The lowest BCUT2D eigenvalue weighted by molar-refractivity contribution is -0.120. The molecule has 1 aliphatic rings. The van der Waals surface area contributed by atoms with Gasteiger partial charge in [0.05, 0.1) is 15.9 Å². The van der Waals surface area contributed by atoms with Crippen LogP contribution in [0.3, 0.4) is 0 Å². The molecule has 2 heterocycles. The molecule has 0 radical (unpaired) electrons. The largest absolute Gasteiger partial charge is 0.355 e. The molecule has 2 rings (SSSR count). The first kappa shape index (κ1) is 14.5. The van der Waals surface area contributed by atoms with Crippen LogP contribution in [0.5, 0.6) is 0 Å². The number of nitrogens with one attached hydrogen (secondary N) is 1. The lowest BCUT2D eigenvalue weighted by Crippen LogP contribution is -2.29. The molecule has 19 heavy (non-hydrogen) atoms. The summed E-state index contributed by atoms with van der Waals surface area (Å²) in [4.78, 5) is 13.7. The molecule has 0 bridgehead atoms. The number of amides is 1. The van der Waals surface area contributed by atoms with E-state index in [9.17, 15) is 4.79 Å². The standard InChI is InChI=1S/C13H21BrN4O/c1-3-10-13(14)11(18(4-2)16-10)9-17-7-5-12(19)15-6-8-17/h3-9H2,1-2H3,(H,15,19). The Balaban J connectivity index is 2.13. The number of aromatic nitrogens is 2. The highest BCUT2D eigenvalue weighted by atomic mass is 79.9. The van der Waals surface area contributed by atoms with Crippen LogP contribution < -0.4 is 5.32 Å². The van der Waals surface area contributed by atoms with Crippen LogP contribution >= 0.6 is 15.9 Å². The quantitative estimate of drug-likeness (QED) is 0.912. The zero-order chi connectivity index (χ0) is 13.8. The predicted octanol–water partition coefficient (Wildman–Crippen LogP) is 1.55. The summed E-state index contributed by atoms with van der Waals surface area (Å²) in [5.74, 6) is 0.153. The molecule has 0 atom stereocenters. The Labute approximate surface area is 122 Å². The topological polar surface area (TPSA) is 50.2 Å². The van der Waals surface area contributed by atoms with Crippen LogP contribution in [0.2, 0.25) is 0 Å². The molecule has 1 fully saturated rings. The first-order valence-corrected chi connectivity index (χ1v) is 7.68. The van der Waals surface area contributed by atoms with Crippen LogP contribution in [0.1, 0.15) is 31.7 Å². The molecule has 1 saturated heterocycles. The number of hydrogen-bond donors (Lipinski definition) is 1. The normalized spacial score (nSPS) is 17.3. The van der Waals surface area contributed by atoms with E-state index in [1.54, 1.807) is 0 Å². The monoisotopic (exact) mass is 328 g/mol. The van der Waals surface area contributed by atoms with E-state index in [1.165, 1.54) is 5.69 Å². The minimum Gasteiger partial charge on any atom is -0.355 e. The van der Waals surface area contributed by atoms with Gasteiger partial charge >= 0.3 is 0 Å². The van der Waals surface area contributed by atoms with Gasteiger partial charge in [0.25, 0.3) is 0 Å². The van der Waals surface area contributed by atoms with Gasteiger partial charge < -0.3 is 5.32 Å². The summed E-state index contributed by atoms with van der Waals surface area (Å²) in [6, 6.07) is 0. The van der Waals surface area contributed by atoms with Gasteiger partial charge in [0, 0.05) is 39.1 Å². The van der Waals surface area contributed by atoms with E-state index >= 15 is 0 Å². The number of aryl methyl sites for hydroxylation is 2. The van der Waals surface area contributed by atoms with Gasteiger partial charge in [0.2, 0.25) is 5.91 Å². The van der Waals surface area contributed by atoms with Gasteiger partial charge in [-0.05, 0) is 29.3 Å². The van der Waals surface area contributed by atoms with E-state index in [2.05, 4.69) is 49.8 Å². The van der Waals surface area contributed by atoms with E-state index in [1.807, 2.05) is 0 Å². The highest BCUT2D eigenvalue weighted by Crippen LogP contribution is 2.23. The van der Waals surface area contributed by atoms with Crippen molar-refractivity contribution in [2.24, 2.45) is 0 Å². The number of rotatable bonds is 4. The third-order valence-electron chi connectivity index (χ3n) is 3.47. The van der Waals surface area contributed by atoms with Crippen LogP contribution in [0.4, 0.5) is 0 Å². The highest BCUT2D eigenvalue weighted by molar-refractivity contribution is 9.10. The van der Waals surface area contributed by atoms with Gasteiger partial charge in [-0.1, -0.05) is 6.92 Å². The summed E-state index contributed by atoms with van der Waals surface area (Å²) >= 11 is 3.67. The summed E-state index contributed by atoms with van der Waals surface area (Å²) < 4.78 is 3.18. The Morgan fingerprint density at radius 2 is 2.16 bits per heavy atom. The summed E-state index contributed by atoms with van der Waals surface area (Å²) in [5, 5.41) is 7.52. The smallest absolute Gasteiger partial charge is 0.221 e. The van der Waals surface area contributed by atoms with Gasteiger partial charge in [0.15, 0.2) is 0 Å². The van der Waals surface area contributed by atoms with Crippen molar-refractivity contribution in [3.05, 3.63) is 15.9 Å². The predicted molar refractivity (Wildman–Crippen MR) is 77.9 cm³/mol. The van der Waals surface area contributed by atoms with Crippen molar-refractivity contribution in [2.75, 3.05) is 19.6 Å². The molecule has 1 aliphatic heterocycles. The second-order valence-electron chi connectivity index (χ2n) is 4.75. The number of halogens is 1. The molecular formula is C13H21BrN4O. The summed E-state index contributed by atoms with van der Waals surface area (Å²) in [6.45, 7) is 8.39. The van der Waals surface area contributed by atoms with Crippen molar-refractivity contribution in [1.29, 1.82) is 0 Å². The molecule has 0 saturated carbocycles. The van der Waals surface area contributed by atoms with Crippen LogP contribution in [-0.2, 0) is 24.3 Å². The lowest BCUT2D eigenvalue weighted by atomic mass is 10.3. The Hall–Kier alpha value is -0.880. The molecule has 1 aromatic rings. The molecule has 5 nitrogen and oxygen atoms in total. The molecule has 1 amide bonds. The summed E-state index contributed by atoms with van der Waals surface area (Å²) in [7, 11) is 0. The van der Waals surface area contributed by atoms with Crippen LogP contribution in [0.25, 0.3) is 0 Å². The molecule has 6 heteroatoms. The van der Waals surface area contributed by atoms with Gasteiger partial charge in [0.1, 0.15) is 0 Å². The molecule has 0 spiro atoms. The summed E-state index contributed by atoms with van der Waals surface area (Å²) in [6.07, 6.45) is 1.51. The van der Waals surface area contributed by atoms with Crippen molar-refractivity contribution in [1.82, 2.24) is 20.0 Å². The van der Waals surface area contributed by atoms with Crippen LogP contribution in [0.15, 0.2) is 4.47 Å². The third-order valence-corrected chi connectivity index (χ3v) is 4.39. The van der Waals surface area contributed by atoms with E-state index in [4.69, 9.17) is 0 Å². The maximum atomic E-state index is 11.4. The fraction of sp³-hybridized carbons (Fsp3) is 0.692. The van der Waals surface area contributed by atoms with Gasteiger partial charge in [-0.3, -0.25) is 14.4 Å². The van der Waals surface area contributed by atoms with Crippen LogP contribution in [0, 0.1) is 0 Å². The number of carbonyl (C=O) groups excluding carboxylic acids is 1. The molecule has 1 N–H and O–H groups in total. The van der Waals surface area contributed by atoms with Gasteiger partial charge in [-0.15, -0.1) is 0 Å². The zero-order valence-electron chi connectivity index (χ0n) is 11.6. The van der Waals surface area contributed by atoms with Gasteiger partial charge in [-0.25, -0.2) is 0 Å². The molecule has 106 valence electrons. The first-order valence-electron chi connectivity index (χ1n) is 6.88. The minimum atomic E-state index is 0.153. The Morgan fingerprint density at radius 1 is 1.37 bits per heavy atom. The highest BCUT2D eigenvalue weighted by Gasteiger charge is 2.19. The minimum absolute atomic E-state index is 0.153. The van der Waals surface area contributed by atoms with Crippen molar-refractivity contribution < 1.29 is 4.79 Å². The zero-order valence-corrected chi connectivity index (χ0v) is 13.2. The number of hydrogen-bond acceptors (Lipinski definition) is 3. The molecule has 0 aromatic carbocycles.